The van der Waals surface area contributed by atoms with Gasteiger partial charge in [-0.25, -0.2) is 4.79 Å². The zero-order valence-corrected chi connectivity index (χ0v) is 14.3. The maximum Gasteiger partial charge on any atom is 0.326 e. The third-order valence-corrected chi connectivity index (χ3v) is 4.37. The van der Waals surface area contributed by atoms with Crippen molar-refractivity contribution >= 4 is 45.1 Å². The van der Waals surface area contributed by atoms with Crippen LogP contribution in [0.4, 0.5) is 0 Å². The molecule has 21 heavy (non-hydrogen) atoms. The Morgan fingerprint density at radius 3 is 2.43 bits per heavy atom. The van der Waals surface area contributed by atoms with Gasteiger partial charge >= 0.3 is 5.97 Å². The van der Waals surface area contributed by atoms with E-state index in [4.69, 9.17) is 5.11 Å². The molecule has 6 nitrogen and oxygen atoms in total. The van der Waals surface area contributed by atoms with Crippen LogP contribution in [0.3, 0.4) is 0 Å². The van der Waals surface area contributed by atoms with Crippen molar-refractivity contribution in [2.75, 3.05) is 13.6 Å². The van der Waals surface area contributed by atoms with Gasteiger partial charge in [0.15, 0.2) is 0 Å². The Bertz CT molecular complexity index is 544. The molecule has 1 aromatic rings. The summed E-state index contributed by atoms with van der Waals surface area (Å²) in [6.07, 6.45) is 0. The lowest BCUT2D eigenvalue weighted by molar-refractivity contribution is -0.143. The van der Waals surface area contributed by atoms with E-state index in [2.05, 4.69) is 21.2 Å². The van der Waals surface area contributed by atoms with E-state index in [9.17, 15) is 14.4 Å². The van der Waals surface area contributed by atoms with Gasteiger partial charge in [0, 0.05) is 7.05 Å². The predicted octanol–water partition coefficient (Wildman–Crippen LogP) is 1.81. The number of amides is 2. The van der Waals surface area contributed by atoms with Gasteiger partial charge in [-0.3, -0.25) is 9.59 Å². The van der Waals surface area contributed by atoms with E-state index in [0.29, 0.717) is 4.88 Å². The van der Waals surface area contributed by atoms with Crippen LogP contribution in [0.5, 0.6) is 0 Å². The van der Waals surface area contributed by atoms with Gasteiger partial charge in [-0.1, -0.05) is 13.8 Å². The standard InChI is InChI=1S/C13H17BrN2O4S/c1-7(2)11(13(19)20)15-10(17)6-16(3)12(18)8-4-5-9(14)21-8/h4-5,7,11H,6H2,1-3H3,(H,15,17)(H,19,20). The lowest BCUT2D eigenvalue weighted by Crippen LogP contribution is -2.48. The topological polar surface area (TPSA) is 86.7 Å². The number of carboxylic acids is 1. The van der Waals surface area contributed by atoms with Gasteiger partial charge in [0.25, 0.3) is 5.91 Å². The van der Waals surface area contributed by atoms with Crippen molar-refractivity contribution in [2.24, 2.45) is 5.92 Å². The Hall–Kier alpha value is -1.41. The molecule has 2 N–H and O–H groups in total. The molecule has 0 fully saturated rings. The number of likely N-dealkylation sites (N-methyl/N-ethyl adjacent to an activating group) is 1. The Balaban J connectivity index is 2.61. The lowest BCUT2D eigenvalue weighted by Gasteiger charge is -2.20. The van der Waals surface area contributed by atoms with Gasteiger partial charge < -0.3 is 15.3 Å². The van der Waals surface area contributed by atoms with Crippen LogP contribution in [0.1, 0.15) is 23.5 Å². The second-order valence-electron chi connectivity index (χ2n) is 4.89. The minimum absolute atomic E-state index is 0.190. The fourth-order valence-electron chi connectivity index (χ4n) is 1.64. The first-order valence-corrected chi connectivity index (χ1v) is 7.86. The number of halogens is 1. The molecular formula is C13H17BrN2O4S. The molecule has 1 heterocycles. The van der Waals surface area contributed by atoms with Crippen LogP contribution in [-0.2, 0) is 9.59 Å². The molecule has 1 unspecified atom stereocenters. The highest BCUT2D eigenvalue weighted by atomic mass is 79.9. The fraction of sp³-hybridized carbons (Fsp3) is 0.462. The second kappa shape index (κ2) is 7.56. The summed E-state index contributed by atoms with van der Waals surface area (Å²) in [5.74, 6) is -2.10. The highest BCUT2D eigenvalue weighted by molar-refractivity contribution is 9.11. The molecule has 0 bridgehead atoms. The maximum atomic E-state index is 12.1. The summed E-state index contributed by atoms with van der Waals surface area (Å²) in [7, 11) is 1.50. The van der Waals surface area contributed by atoms with Crippen molar-refractivity contribution in [3.8, 4) is 0 Å². The van der Waals surface area contributed by atoms with Gasteiger partial charge in [-0.05, 0) is 34.0 Å². The van der Waals surface area contributed by atoms with E-state index >= 15 is 0 Å². The van der Waals surface area contributed by atoms with Crippen LogP contribution in [-0.4, -0.2) is 47.4 Å². The summed E-state index contributed by atoms with van der Waals surface area (Å²) >= 11 is 4.54. The summed E-state index contributed by atoms with van der Waals surface area (Å²) in [4.78, 5) is 36.7. The van der Waals surface area contributed by atoms with Crippen molar-refractivity contribution in [1.29, 1.82) is 0 Å². The number of carboxylic acid groups (broad SMARTS) is 1. The van der Waals surface area contributed by atoms with Crippen LogP contribution >= 0.6 is 27.3 Å². The average molecular weight is 377 g/mol. The number of carbonyl (C=O) groups excluding carboxylic acids is 2. The maximum absolute atomic E-state index is 12.1. The normalized spacial score (nSPS) is 12.0. The van der Waals surface area contributed by atoms with E-state index in [-0.39, 0.29) is 18.4 Å². The van der Waals surface area contributed by atoms with Crippen molar-refractivity contribution in [2.45, 2.75) is 19.9 Å². The van der Waals surface area contributed by atoms with E-state index < -0.39 is 17.9 Å². The van der Waals surface area contributed by atoms with Crippen LogP contribution in [0.15, 0.2) is 15.9 Å². The number of thiophene rings is 1. The molecule has 0 aliphatic heterocycles. The third kappa shape index (κ3) is 5.13. The molecule has 0 spiro atoms. The molecule has 116 valence electrons. The molecule has 0 aliphatic carbocycles. The Kier molecular flexibility index (Phi) is 6.35. The largest absolute Gasteiger partial charge is 0.480 e. The number of rotatable bonds is 6. The van der Waals surface area contributed by atoms with Crippen molar-refractivity contribution in [1.82, 2.24) is 10.2 Å². The molecule has 0 aliphatic rings. The van der Waals surface area contributed by atoms with E-state index in [1.165, 1.54) is 23.3 Å². The number of nitrogens with one attached hydrogen (secondary N) is 1. The van der Waals surface area contributed by atoms with Crippen molar-refractivity contribution in [3.63, 3.8) is 0 Å². The summed E-state index contributed by atoms with van der Waals surface area (Å²) in [5, 5.41) is 11.4. The molecule has 0 saturated carbocycles. The van der Waals surface area contributed by atoms with Crippen molar-refractivity contribution < 1.29 is 19.5 Å². The number of carbonyl (C=O) groups is 3. The summed E-state index contributed by atoms with van der Waals surface area (Å²) in [6.45, 7) is 3.22. The minimum Gasteiger partial charge on any atom is -0.480 e. The molecule has 1 atom stereocenters. The SMILES string of the molecule is CC(C)C(NC(=O)CN(C)C(=O)c1ccc(Br)s1)C(=O)O. The van der Waals surface area contributed by atoms with Gasteiger partial charge in [0.1, 0.15) is 6.04 Å². The van der Waals surface area contributed by atoms with Crippen LogP contribution < -0.4 is 5.32 Å². The van der Waals surface area contributed by atoms with Gasteiger partial charge in [-0.2, -0.15) is 0 Å². The zero-order chi connectivity index (χ0) is 16.2. The number of hydrogen-bond donors (Lipinski definition) is 2. The van der Waals surface area contributed by atoms with Gasteiger partial charge in [0.05, 0.1) is 15.2 Å². The van der Waals surface area contributed by atoms with Crippen LogP contribution in [0.25, 0.3) is 0 Å². The number of nitrogens with zero attached hydrogens (tertiary/aromatic N) is 1. The molecule has 0 saturated heterocycles. The molecule has 1 rings (SSSR count). The first-order valence-electron chi connectivity index (χ1n) is 6.25. The predicted molar refractivity (Wildman–Crippen MR) is 83.4 cm³/mol. The third-order valence-electron chi connectivity index (χ3n) is 2.76. The monoisotopic (exact) mass is 376 g/mol. The highest BCUT2D eigenvalue weighted by Gasteiger charge is 2.24. The number of aliphatic carboxylic acids is 1. The fourth-order valence-corrected chi connectivity index (χ4v) is 3.02. The van der Waals surface area contributed by atoms with Crippen molar-refractivity contribution in [3.05, 3.63) is 20.8 Å². The summed E-state index contributed by atoms with van der Waals surface area (Å²) in [5.41, 5.74) is 0. The highest BCUT2D eigenvalue weighted by Crippen LogP contribution is 2.22. The van der Waals surface area contributed by atoms with E-state index in [0.717, 1.165) is 3.79 Å². The van der Waals surface area contributed by atoms with Gasteiger partial charge in [-0.15, -0.1) is 11.3 Å². The molecule has 2 amide bonds. The Morgan fingerprint density at radius 1 is 1.38 bits per heavy atom. The summed E-state index contributed by atoms with van der Waals surface area (Å²) in [6, 6.07) is 2.46. The molecule has 8 heteroatoms. The quantitative estimate of drug-likeness (QED) is 0.792. The Morgan fingerprint density at radius 2 is 2.00 bits per heavy atom. The van der Waals surface area contributed by atoms with E-state index in [1.54, 1.807) is 26.0 Å². The smallest absolute Gasteiger partial charge is 0.326 e. The minimum atomic E-state index is -1.09. The molecule has 0 radical (unpaired) electrons. The lowest BCUT2D eigenvalue weighted by atomic mass is 10.0. The number of hydrogen-bond acceptors (Lipinski definition) is 4. The Labute approximate surface area is 135 Å². The first-order chi connectivity index (χ1) is 9.72. The molecular weight excluding hydrogens is 360 g/mol. The van der Waals surface area contributed by atoms with Crippen LogP contribution in [0.2, 0.25) is 0 Å². The molecule has 1 aromatic heterocycles. The zero-order valence-electron chi connectivity index (χ0n) is 11.9. The summed E-state index contributed by atoms with van der Waals surface area (Å²) < 4.78 is 0.828. The van der Waals surface area contributed by atoms with E-state index in [1.807, 2.05) is 0 Å². The second-order valence-corrected chi connectivity index (χ2v) is 7.36. The van der Waals surface area contributed by atoms with Gasteiger partial charge in [0.2, 0.25) is 5.91 Å². The average Bonchev–Trinajstić information content (AvgIpc) is 2.80. The van der Waals surface area contributed by atoms with Crippen LogP contribution in [0, 0.1) is 5.92 Å². The first kappa shape index (κ1) is 17.6. The molecule has 0 aromatic carbocycles.